The number of carbonyl (C=O) groups excluding carboxylic acids is 2. The summed E-state index contributed by atoms with van der Waals surface area (Å²) in [5, 5.41) is 0. The number of carbonyl (C=O) groups is 2. The third kappa shape index (κ3) is 2.72. The van der Waals surface area contributed by atoms with Crippen LogP contribution in [0.15, 0.2) is 12.4 Å². The van der Waals surface area contributed by atoms with Crippen LogP contribution in [0.5, 0.6) is 0 Å². The smallest absolute Gasteiger partial charge is 0.310 e. The molecule has 0 saturated carbocycles. The molecular formula is C13H17N3O3. The molecule has 2 unspecified atom stereocenters. The van der Waals surface area contributed by atoms with Gasteiger partial charge in [-0.15, -0.1) is 0 Å². The molecule has 1 aromatic rings. The molecule has 0 radical (unpaired) electrons. The van der Waals surface area contributed by atoms with Gasteiger partial charge in [-0.3, -0.25) is 14.6 Å². The molecule has 2 rings (SSSR count). The first-order valence-electron chi connectivity index (χ1n) is 6.18. The maximum atomic E-state index is 12.2. The van der Waals surface area contributed by atoms with Crippen LogP contribution in [-0.2, 0) is 9.53 Å². The van der Waals surface area contributed by atoms with E-state index in [2.05, 4.69) is 9.97 Å². The number of ether oxygens (including phenoxy) is 1. The third-order valence-electron chi connectivity index (χ3n) is 3.40. The zero-order valence-electron chi connectivity index (χ0n) is 11.3. The SMILES string of the molecule is COC(=O)C1CN(C(=O)c2cnc(C)cn2)CC1C. The molecule has 2 heterocycles. The van der Waals surface area contributed by atoms with Crippen LogP contribution in [0.1, 0.15) is 23.1 Å². The number of nitrogens with zero attached hydrogens (tertiary/aromatic N) is 3. The highest BCUT2D eigenvalue weighted by Crippen LogP contribution is 2.25. The first-order valence-corrected chi connectivity index (χ1v) is 6.18. The van der Waals surface area contributed by atoms with Crippen LogP contribution < -0.4 is 0 Å². The van der Waals surface area contributed by atoms with Crippen LogP contribution in [0, 0.1) is 18.8 Å². The first-order chi connectivity index (χ1) is 9.02. The van der Waals surface area contributed by atoms with E-state index in [9.17, 15) is 9.59 Å². The predicted octanol–water partition coefficient (Wildman–Crippen LogP) is 0.666. The Kier molecular flexibility index (Phi) is 3.78. The lowest BCUT2D eigenvalue weighted by Crippen LogP contribution is -2.30. The van der Waals surface area contributed by atoms with Gasteiger partial charge in [0.05, 0.1) is 24.9 Å². The number of hydrogen-bond acceptors (Lipinski definition) is 5. The van der Waals surface area contributed by atoms with E-state index in [0.717, 1.165) is 5.69 Å². The molecule has 0 bridgehead atoms. The molecule has 2 atom stereocenters. The lowest BCUT2D eigenvalue weighted by molar-refractivity contribution is -0.146. The average molecular weight is 263 g/mol. The molecule has 1 aromatic heterocycles. The van der Waals surface area contributed by atoms with E-state index in [-0.39, 0.29) is 23.7 Å². The van der Waals surface area contributed by atoms with Gasteiger partial charge in [-0.05, 0) is 12.8 Å². The van der Waals surface area contributed by atoms with Crippen molar-refractivity contribution < 1.29 is 14.3 Å². The van der Waals surface area contributed by atoms with E-state index in [1.807, 2.05) is 13.8 Å². The number of aromatic nitrogens is 2. The molecule has 6 nitrogen and oxygen atoms in total. The Morgan fingerprint density at radius 2 is 2.05 bits per heavy atom. The Bertz CT molecular complexity index is 486. The number of hydrogen-bond donors (Lipinski definition) is 0. The van der Waals surface area contributed by atoms with E-state index >= 15 is 0 Å². The molecule has 0 spiro atoms. The highest BCUT2D eigenvalue weighted by molar-refractivity contribution is 5.92. The Morgan fingerprint density at radius 3 is 2.63 bits per heavy atom. The lowest BCUT2D eigenvalue weighted by Gasteiger charge is -2.15. The van der Waals surface area contributed by atoms with E-state index in [1.165, 1.54) is 13.3 Å². The standard InChI is InChI=1S/C13H17N3O3/c1-8-6-16(7-10(8)13(18)19-3)12(17)11-5-14-9(2)4-15-11/h4-5,8,10H,6-7H2,1-3H3. The third-order valence-corrected chi connectivity index (χ3v) is 3.40. The van der Waals surface area contributed by atoms with Crippen LogP contribution in [0.4, 0.5) is 0 Å². The Morgan fingerprint density at radius 1 is 1.32 bits per heavy atom. The number of aryl methyl sites for hydroxylation is 1. The number of esters is 1. The number of methoxy groups -OCH3 is 1. The van der Waals surface area contributed by atoms with Crippen LogP contribution in [0.3, 0.4) is 0 Å². The second-order valence-electron chi connectivity index (χ2n) is 4.86. The molecule has 1 fully saturated rings. The topological polar surface area (TPSA) is 72.4 Å². The summed E-state index contributed by atoms with van der Waals surface area (Å²) in [5.41, 5.74) is 1.07. The molecule has 102 valence electrons. The number of likely N-dealkylation sites (tertiary alicyclic amines) is 1. The second kappa shape index (κ2) is 5.34. The summed E-state index contributed by atoms with van der Waals surface area (Å²) in [5.74, 6) is -0.620. The zero-order valence-corrected chi connectivity index (χ0v) is 11.3. The molecule has 6 heteroatoms. The second-order valence-corrected chi connectivity index (χ2v) is 4.86. The van der Waals surface area contributed by atoms with Gasteiger partial charge in [0.1, 0.15) is 5.69 Å². The minimum atomic E-state index is -0.266. The first kappa shape index (κ1) is 13.5. The maximum Gasteiger partial charge on any atom is 0.310 e. The highest BCUT2D eigenvalue weighted by atomic mass is 16.5. The lowest BCUT2D eigenvalue weighted by atomic mass is 9.99. The minimum absolute atomic E-state index is 0.0924. The molecule has 19 heavy (non-hydrogen) atoms. The summed E-state index contributed by atoms with van der Waals surface area (Å²) in [6.07, 6.45) is 3.03. The van der Waals surface area contributed by atoms with Gasteiger partial charge in [0, 0.05) is 19.3 Å². The van der Waals surface area contributed by atoms with Crippen molar-refractivity contribution in [2.45, 2.75) is 13.8 Å². The van der Waals surface area contributed by atoms with E-state index in [1.54, 1.807) is 11.1 Å². The molecule has 0 N–H and O–H groups in total. The molecular weight excluding hydrogens is 246 g/mol. The monoisotopic (exact) mass is 263 g/mol. The van der Waals surface area contributed by atoms with Gasteiger partial charge in [0.15, 0.2) is 0 Å². The molecule has 0 aliphatic carbocycles. The van der Waals surface area contributed by atoms with Gasteiger partial charge in [-0.2, -0.15) is 0 Å². The fourth-order valence-electron chi connectivity index (χ4n) is 2.26. The fraction of sp³-hybridized carbons (Fsp3) is 0.538. The van der Waals surface area contributed by atoms with Gasteiger partial charge in [-0.25, -0.2) is 4.98 Å². The fourth-order valence-corrected chi connectivity index (χ4v) is 2.26. The van der Waals surface area contributed by atoms with Crippen molar-refractivity contribution in [2.24, 2.45) is 11.8 Å². The quantitative estimate of drug-likeness (QED) is 0.733. The maximum absolute atomic E-state index is 12.2. The van der Waals surface area contributed by atoms with Gasteiger partial charge in [-0.1, -0.05) is 6.92 Å². The average Bonchev–Trinajstić information content (AvgIpc) is 2.80. The van der Waals surface area contributed by atoms with Gasteiger partial charge >= 0.3 is 5.97 Å². The Labute approximate surface area is 111 Å². The van der Waals surface area contributed by atoms with E-state index < -0.39 is 0 Å². The largest absolute Gasteiger partial charge is 0.469 e. The summed E-state index contributed by atoms with van der Waals surface area (Å²) in [6, 6.07) is 0. The number of amides is 1. The summed E-state index contributed by atoms with van der Waals surface area (Å²) in [7, 11) is 1.37. The minimum Gasteiger partial charge on any atom is -0.469 e. The normalized spacial score (nSPS) is 22.4. The van der Waals surface area contributed by atoms with Crippen molar-refractivity contribution in [1.29, 1.82) is 0 Å². The number of rotatable bonds is 2. The van der Waals surface area contributed by atoms with E-state index in [4.69, 9.17) is 4.74 Å². The molecule has 1 saturated heterocycles. The van der Waals surface area contributed by atoms with E-state index in [0.29, 0.717) is 18.8 Å². The highest BCUT2D eigenvalue weighted by Gasteiger charge is 2.38. The van der Waals surface area contributed by atoms with Crippen LogP contribution in [0.2, 0.25) is 0 Å². The van der Waals surface area contributed by atoms with Crippen molar-refractivity contribution >= 4 is 11.9 Å². The molecule has 1 aliphatic rings. The predicted molar refractivity (Wildman–Crippen MR) is 67.3 cm³/mol. The molecule has 0 aromatic carbocycles. The summed E-state index contributed by atoms with van der Waals surface area (Å²) in [4.78, 5) is 33.6. The van der Waals surface area contributed by atoms with Crippen molar-refractivity contribution in [3.8, 4) is 0 Å². The van der Waals surface area contributed by atoms with Crippen molar-refractivity contribution in [3.05, 3.63) is 23.8 Å². The van der Waals surface area contributed by atoms with Crippen molar-refractivity contribution in [1.82, 2.24) is 14.9 Å². The van der Waals surface area contributed by atoms with Crippen LogP contribution >= 0.6 is 0 Å². The van der Waals surface area contributed by atoms with Crippen molar-refractivity contribution in [2.75, 3.05) is 20.2 Å². The van der Waals surface area contributed by atoms with Crippen molar-refractivity contribution in [3.63, 3.8) is 0 Å². The van der Waals surface area contributed by atoms with Gasteiger partial charge in [0.2, 0.25) is 0 Å². The van der Waals surface area contributed by atoms with Gasteiger partial charge < -0.3 is 9.64 Å². The van der Waals surface area contributed by atoms with Crippen LogP contribution in [-0.4, -0.2) is 46.9 Å². The summed E-state index contributed by atoms with van der Waals surface area (Å²) >= 11 is 0. The summed E-state index contributed by atoms with van der Waals surface area (Å²) < 4.78 is 4.75. The Hall–Kier alpha value is -1.98. The molecule has 1 aliphatic heterocycles. The Balaban J connectivity index is 2.09. The zero-order chi connectivity index (χ0) is 14.0. The van der Waals surface area contributed by atoms with Crippen LogP contribution in [0.25, 0.3) is 0 Å². The van der Waals surface area contributed by atoms with Gasteiger partial charge in [0.25, 0.3) is 5.91 Å². The summed E-state index contributed by atoms with van der Waals surface area (Å²) in [6.45, 7) is 4.67. The molecule has 1 amide bonds.